The molecule has 1 saturated heterocycles. The maximum atomic E-state index is 11.4. The predicted octanol–water partition coefficient (Wildman–Crippen LogP) is 1.78. The molecule has 0 aliphatic carbocycles. The van der Waals surface area contributed by atoms with Crippen molar-refractivity contribution in [3.05, 3.63) is 27.7 Å². The summed E-state index contributed by atoms with van der Waals surface area (Å²) in [6, 6.07) is 5.04. The van der Waals surface area contributed by atoms with Crippen molar-refractivity contribution in [1.29, 1.82) is 0 Å². The molecule has 0 bridgehead atoms. The van der Waals surface area contributed by atoms with E-state index in [1.54, 1.807) is 17.0 Å². The fraction of sp³-hybridized carbons (Fsp3) is 0.222. The van der Waals surface area contributed by atoms with E-state index in [9.17, 15) is 4.79 Å². The van der Waals surface area contributed by atoms with Crippen LogP contribution in [0.4, 0.5) is 5.69 Å². The van der Waals surface area contributed by atoms with Gasteiger partial charge in [-0.25, -0.2) is 0 Å². The zero-order chi connectivity index (χ0) is 10.3. The molecule has 0 spiro atoms. The zero-order valence-electron chi connectivity index (χ0n) is 7.21. The number of nitrogens with two attached hydrogens (primary N) is 1. The van der Waals surface area contributed by atoms with Crippen molar-refractivity contribution in [2.45, 2.75) is 6.04 Å². The topological polar surface area (TPSA) is 46.3 Å². The van der Waals surface area contributed by atoms with Crippen LogP contribution in [-0.4, -0.2) is 18.5 Å². The second-order valence-electron chi connectivity index (χ2n) is 3.13. The number of rotatable bonds is 1. The van der Waals surface area contributed by atoms with E-state index in [4.69, 9.17) is 17.3 Å². The average Bonchev–Trinajstić information content (AvgIpc) is 2.19. The van der Waals surface area contributed by atoms with E-state index >= 15 is 0 Å². The van der Waals surface area contributed by atoms with E-state index < -0.39 is 0 Å². The summed E-state index contributed by atoms with van der Waals surface area (Å²) in [7, 11) is 0. The number of halogens is 2. The Bertz CT molecular complexity index is 396. The number of carbonyl (C=O) groups excluding carboxylic acids is 1. The Labute approximate surface area is 95.0 Å². The van der Waals surface area contributed by atoms with Crippen molar-refractivity contribution >= 4 is 39.1 Å². The van der Waals surface area contributed by atoms with E-state index in [2.05, 4.69) is 15.9 Å². The lowest BCUT2D eigenvalue weighted by molar-refractivity contribution is -0.123. The van der Waals surface area contributed by atoms with E-state index in [0.29, 0.717) is 11.6 Å². The molecule has 14 heavy (non-hydrogen) atoms. The Morgan fingerprint density at radius 1 is 1.57 bits per heavy atom. The van der Waals surface area contributed by atoms with Crippen LogP contribution in [-0.2, 0) is 4.79 Å². The van der Waals surface area contributed by atoms with Gasteiger partial charge in [0.2, 0.25) is 5.91 Å². The first kappa shape index (κ1) is 9.96. The second kappa shape index (κ2) is 3.53. The molecule has 1 aromatic rings. The number of amides is 1. The molecule has 1 aliphatic rings. The zero-order valence-corrected chi connectivity index (χ0v) is 9.55. The summed E-state index contributed by atoms with van der Waals surface area (Å²) in [6.07, 6.45) is 0. The number of hydrogen-bond donors (Lipinski definition) is 1. The largest absolute Gasteiger partial charge is 0.318 e. The minimum Gasteiger partial charge on any atom is -0.318 e. The predicted molar refractivity (Wildman–Crippen MR) is 59.5 cm³/mol. The van der Waals surface area contributed by atoms with Crippen LogP contribution in [0.15, 0.2) is 22.7 Å². The van der Waals surface area contributed by atoms with Crippen molar-refractivity contribution in [1.82, 2.24) is 0 Å². The fourth-order valence-electron chi connectivity index (χ4n) is 1.37. The minimum atomic E-state index is -0.360. The Morgan fingerprint density at radius 2 is 2.29 bits per heavy atom. The number of anilines is 1. The molecule has 1 atom stereocenters. The van der Waals surface area contributed by atoms with Gasteiger partial charge in [0.15, 0.2) is 0 Å². The van der Waals surface area contributed by atoms with Gasteiger partial charge in [-0.15, -0.1) is 0 Å². The highest BCUT2D eigenvalue weighted by Crippen LogP contribution is 2.34. The maximum absolute atomic E-state index is 11.4. The number of β-lactam (4-membered cyclic amide) rings is 1. The number of nitrogens with zero attached hydrogens (tertiary/aromatic N) is 1. The van der Waals surface area contributed by atoms with E-state index in [1.165, 1.54) is 0 Å². The van der Waals surface area contributed by atoms with Crippen LogP contribution in [0, 0.1) is 0 Å². The van der Waals surface area contributed by atoms with Gasteiger partial charge in [0.25, 0.3) is 0 Å². The lowest BCUT2D eigenvalue weighted by atomic mass is 10.1. The number of hydrogen-bond acceptors (Lipinski definition) is 2. The molecule has 3 nitrogen and oxygen atoms in total. The molecule has 0 aromatic heterocycles. The summed E-state index contributed by atoms with van der Waals surface area (Å²) in [4.78, 5) is 13.0. The summed E-state index contributed by atoms with van der Waals surface area (Å²) in [6.45, 7) is 0.553. The second-order valence-corrected chi connectivity index (χ2v) is 4.33. The van der Waals surface area contributed by atoms with E-state index in [0.717, 1.165) is 10.2 Å². The molecule has 0 radical (unpaired) electrons. The van der Waals surface area contributed by atoms with Crippen molar-refractivity contribution in [2.75, 3.05) is 11.4 Å². The Hall–Kier alpha value is -0.580. The molecule has 74 valence electrons. The molecular weight excluding hydrogens is 267 g/mol. The third-order valence-corrected chi connectivity index (χ3v) is 3.56. The van der Waals surface area contributed by atoms with Crippen LogP contribution in [0.5, 0.6) is 0 Å². The van der Waals surface area contributed by atoms with Crippen LogP contribution in [0.2, 0.25) is 5.02 Å². The first-order valence-electron chi connectivity index (χ1n) is 4.12. The molecule has 1 aliphatic heterocycles. The summed E-state index contributed by atoms with van der Waals surface area (Å²) >= 11 is 9.24. The average molecular weight is 276 g/mol. The molecular formula is C9H8BrClN2O. The molecule has 2 N–H and O–H groups in total. The molecule has 1 amide bonds. The van der Waals surface area contributed by atoms with Crippen LogP contribution in [0.1, 0.15) is 0 Å². The van der Waals surface area contributed by atoms with Crippen molar-refractivity contribution < 1.29 is 4.79 Å². The van der Waals surface area contributed by atoms with Gasteiger partial charge >= 0.3 is 0 Å². The highest BCUT2D eigenvalue weighted by molar-refractivity contribution is 9.10. The molecule has 1 unspecified atom stereocenters. The molecule has 1 fully saturated rings. The van der Waals surface area contributed by atoms with Gasteiger partial charge in [-0.1, -0.05) is 17.7 Å². The maximum Gasteiger partial charge on any atom is 0.245 e. The Kier molecular flexibility index (Phi) is 2.51. The lowest BCUT2D eigenvalue weighted by Gasteiger charge is -2.36. The lowest BCUT2D eigenvalue weighted by Crippen LogP contribution is -2.61. The Balaban J connectivity index is 2.34. The van der Waals surface area contributed by atoms with Gasteiger partial charge in [0, 0.05) is 0 Å². The summed E-state index contributed by atoms with van der Waals surface area (Å²) < 4.78 is 0.738. The normalized spacial score (nSPS) is 20.9. The highest BCUT2D eigenvalue weighted by atomic mass is 79.9. The van der Waals surface area contributed by atoms with Gasteiger partial charge in [-0.3, -0.25) is 4.79 Å². The van der Waals surface area contributed by atoms with Crippen LogP contribution in [0.25, 0.3) is 0 Å². The van der Waals surface area contributed by atoms with E-state index in [-0.39, 0.29) is 11.9 Å². The molecule has 1 heterocycles. The smallest absolute Gasteiger partial charge is 0.245 e. The first-order valence-corrected chi connectivity index (χ1v) is 5.29. The van der Waals surface area contributed by atoms with Gasteiger partial charge in [0.1, 0.15) is 6.04 Å². The van der Waals surface area contributed by atoms with Crippen LogP contribution < -0.4 is 10.6 Å². The molecule has 5 heteroatoms. The number of carbonyl (C=O) groups is 1. The fourth-order valence-corrected chi connectivity index (χ4v) is 2.02. The van der Waals surface area contributed by atoms with Crippen molar-refractivity contribution in [2.24, 2.45) is 5.73 Å². The summed E-state index contributed by atoms with van der Waals surface area (Å²) in [5, 5.41) is 0.593. The quantitative estimate of drug-likeness (QED) is 0.794. The van der Waals surface area contributed by atoms with Crippen molar-refractivity contribution in [3.63, 3.8) is 0 Å². The van der Waals surface area contributed by atoms with Gasteiger partial charge < -0.3 is 10.6 Å². The van der Waals surface area contributed by atoms with Gasteiger partial charge in [-0.2, -0.15) is 0 Å². The standard InChI is InChI=1S/C9H8BrClN2O/c10-8-5(11)2-1-3-7(8)13-4-6(12)9(13)14/h1-3,6H,4,12H2. The van der Waals surface area contributed by atoms with Crippen LogP contribution >= 0.6 is 27.5 Å². The number of benzene rings is 1. The van der Waals surface area contributed by atoms with Crippen LogP contribution in [0.3, 0.4) is 0 Å². The third kappa shape index (κ3) is 1.43. The SMILES string of the molecule is NC1CN(c2cccc(Cl)c2Br)C1=O. The van der Waals surface area contributed by atoms with Gasteiger partial charge in [0.05, 0.1) is 21.7 Å². The third-order valence-electron chi connectivity index (χ3n) is 2.18. The monoisotopic (exact) mass is 274 g/mol. The molecule has 2 rings (SSSR count). The first-order chi connectivity index (χ1) is 6.61. The van der Waals surface area contributed by atoms with Crippen molar-refractivity contribution in [3.8, 4) is 0 Å². The summed E-state index contributed by atoms with van der Waals surface area (Å²) in [5.41, 5.74) is 6.28. The Morgan fingerprint density at radius 3 is 2.86 bits per heavy atom. The molecule has 1 aromatic carbocycles. The minimum absolute atomic E-state index is 0.0621. The van der Waals surface area contributed by atoms with E-state index in [1.807, 2.05) is 6.07 Å². The van der Waals surface area contributed by atoms with Gasteiger partial charge in [-0.05, 0) is 28.1 Å². The highest BCUT2D eigenvalue weighted by Gasteiger charge is 2.35. The summed E-state index contributed by atoms with van der Waals surface area (Å²) in [5.74, 6) is -0.0621. The molecule has 0 saturated carbocycles.